The highest BCUT2D eigenvalue weighted by Gasteiger charge is 2.17. The lowest BCUT2D eigenvalue weighted by molar-refractivity contribution is 0.393. The number of benzene rings is 3. The number of aryl methyl sites for hydroxylation is 2. The number of ether oxygens (including phenoxy) is 2. The Morgan fingerprint density at radius 1 is 0.607 bits per heavy atom. The van der Waals surface area contributed by atoms with Crippen molar-refractivity contribution in [3.63, 3.8) is 0 Å². The van der Waals surface area contributed by atoms with Crippen LogP contribution in [-0.4, -0.2) is 14.2 Å². The van der Waals surface area contributed by atoms with E-state index < -0.39 is 0 Å². The predicted molar refractivity (Wildman–Crippen MR) is 118 cm³/mol. The molecule has 0 fully saturated rings. The van der Waals surface area contributed by atoms with E-state index in [4.69, 9.17) is 9.47 Å². The van der Waals surface area contributed by atoms with Crippen LogP contribution in [0.15, 0.2) is 73.8 Å². The van der Waals surface area contributed by atoms with Crippen LogP contribution in [-0.2, 0) is 0 Å². The Morgan fingerprint density at radius 3 is 1.29 bits per heavy atom. The zero-order valence-electron chi connectivity index (χ0n) is 17.0. The monoisotopic (exact) mass is 370 g/mol. The standard InChI is InChI=1S/C26H26O2/c1-17-7-11-21(12-8-17)19(3)23-15-24(26(28-6)16-25(23)27-5)20(4)22-13-9-18(2)10-14-22/h7-16H,3-4H2,1-2,5-6H3. The lowest BCUT2D eigenvalue weighted by atomic mass is 9.91. The molecule has 0 spiro atoms. The minimum atomic E-state index is 0.725. The van der Waals surface area contributed by atoms with Crippen molar-refractivity contribution in [2.75, 3.05) is 14.2 Å². The van der Waals surface area contributed by atoms with Gasteiger partial charge in [0.1, 0.15) is 11.5 Å². The molecule has 0 saturated heterocycles. The number of methoxy groups -OCH3 is 2. The zero-order valence-corrected chi connectivity index (χ0v) is 17.0. The Labute approximate surface area is 167 Å². The van der Waals surface area contributed by atoms with Gasteiger partial charge in [0.05, 0.1) is 14.2 Å². The molecule has 0 atom stereocenters. The largest absolute Gasteiger partial charge is 0.496 e. The Balaban J connectivity index is 2.11. The van der Waals surface area contributed by atoms with Crippen molar-refractivity contribution in [1.29, 1.82) is 0 Å². The fourth-order valence-corrected chi connectivity index (χ4v) is 3.19. The molecule has 3 aromatic carbocycles. The van der Waals surface area contributed by atoms with E-state index in [0.29, 0.717) is 0 Å². The highest BCUT2D eigenvalue weighted by molar-refractivity contribution is 5.88. The molecule has 0 radical (unpaired) electrons. The van der Waals surface area contributed by atoms with Crippen molar-refractivity contribution in [3.05, 3.63) is 107 Å². The fraction of sp³-hybridized carbons (Fsp3) is 0.154. The van der Waals surface area contributed by atoms with Gasteiger partial charge < -0.3 is 9.47 Å². The molecule has 0 bridgehead atoms. The first-order valence-electron chi connectivity index (χ1n) is 9.23. The van der Waals surface area contributed by atoms with Gasteiger partial charge in [0, 0.05) is 17.2 Å². The maximum absolute atomic E-state index is 5.64. The van der Waals surface area contributed by atoms with Crippen LogP contribution in [0.5, 0.6) is 11.5 Å². The van der Waals surface area contributed by atoms with E-state index >= 15 is 0 Å². The van der Waals surface area contributed by atoms with Gasteiger partial charge in [-0.3, -0.25) is 0 Å². The molecule has 28 heavy (non-hydrogen) atoms. The summed E-state index contributed by atoms with van der Waals surface area (Å²) in [5.74, 6) is 1.45. The Morgan fingerprint density at radius 2 is 0.964 bits per heavy atom. The van der Waals surface area contributed by atoms with Crippen LogP contribution in [0.2, 0.25) is 0 Å². The van der Waals surface area contributed by atoms with E-state index in [1.54, 1.807) is 14.2 Å². The number of rotatable bonds is 6. The molecule has 2 nitrogen and oxygen atoms in total. The molecule has 0 aliphatic carbocycles. The second kappa shape index (κ2) is 8.18. The van der Waals surface area contributed by atoms with Gasteiger partial charge in [0.2, 0.25) is 0 Å². The van der Waals surface area contributed by atoms with Crippen molar-refractivity contribution in [3.8, 4) is 11.5 Å². The summed E-state index contributed by atoms with van der Waals surface area (Å²) in [6, 6.07) is 20.6. The highest BCUT2D eigenvalue weighted by atomic mass is 16.5. The normalized spacial score (nSPS) is 10.4. The molecule has 0 unspecified atom stereocenters. The zero-order chi connectivity index (χ0) is 20.3. The van der Waals surface area contributed by atoms with E-state index in [1.165, 1.54) is 11.1 Å². The first-order chi connectivity index (χ1) is 13.4. The maximum Gasteiger partial charge on any atom is 0.130 e. The Bertz CT molecular complexity index is 929. The average molecular weight is 370 g/mol. The molecule has 0 heterocycles. The van der Waals surface area contributed by atoms with E-state index in [9.17, 15) is 0 Å². The third-order valence-electron chi connectivity index (χ3n) is 4.97. The third kappa shape index (κ3) is 3.86. The van der Waals surface area contributed by atoms with Crippen LogP contribution in [0.25, 0.3) is 11.1 Å². The van der Waals surface area contributed by atoms with Crippen LogP contribution in [0.1, 0.15) is 33.4 Å². The van der Waals surface area contributed by atoms with Gasteiger partial charge in [0.25, 0.3) is 0 Å². The smallest absolute Gasteiger partial charge is 0.130 e. The molecule has 0 aliphatic rings. The van der Waals surface area contributed by atoms with Gasteiger partial charge in [-0.25, -0.2) is 0 Å². The summed E-state index contributed by atoms with van der Waals surface area (Å²) in [6.45, 7) is 12.8. The van der Waals surface area contributed by atoms with Crippen molar-refractivity contribution in [1.82, 2.24) is 0 Å². The summed E-state index contributed by atoms with van der Waals surface area (Å²) >= 11 is 0. The number of hydrogen-bond acceptors (Lipinski definition) is 2. The van der Waals surface area contributed by atoms with E-state index in [-0.39, 0.29) is 0 Å². The van der Waals surface area contributed by atoms with Crippen molar-refractivity contribution in [2.45, 2.75) is 13.8 Å². The molecule has 2 heteroatoms. The Hall–Kier alpha value is -3.26. The molecule has 0 amide bonds. The van der Waals surface area contributed by atoms with Gasteiger partial charge in [0.15, 0.2) is 0 Å². The molecule has 0 N–H and O–H groups in total. The van der Waals surface area contributed by atoms with Crippen LogP contribution < -0.4 is 9.47 Å². The second-order valence-corrected chi connectivity index (χ2v) is 6.94. The van der Waals surface area contributed by atoms with Gasteiger partial charge in [-0.2, -0.15) is 0 Å². The van der Waals surface area contributed by atoms with Crippen LogP contribution in [0.4, 0.5) is 0 Å². The summed E-state index contributed by atoms with van der Waals surface area (Å²) in [5.41, 5.74) is 8.20. The molecular formula is C26H26O2. The SMILES string of the molecule is C=C(c1ccc(C)cc1)c1cc(C(=C)c2ccc(C)cc2)c(OC)cc1OC. The van der Waals surface area contributed by atoms with Gasteiger partial charge in [-0.05, 0) is 42.2 Å². The molecule has 142 valence electrons. The molecule has 3 rings (SSSR count). The molecule has 0 aliphatic heterocycles. The van der Waals surface area contributed by atoms with Gasteiger partial charge >= 0.3 is 0 Å². The second-order valence-electron chi connectivity index (χ2n) is 6.94. The summed E-state index contributed by atoms with van der Waals surface area (Å²) in [6.07, 6.45) is 0. The molecule has 0 saturated carbocycles. The van der Waals surface area contributed by atoms with Crippen LogP contribution in [0.3, 0.4) is 0 Å². The lowest BCUT2D eigenvalue weighted by Crippen LogP contribution is -1.99. The Kier molecular flexibility index (Phi) is 5.70. The van der Waals surface area contributed by atoms with Crippen molar-refractivity contribution in [2.24, 2.45) is 0 Å². The third-order valence-corrected chi connectivity index (χ3v) is 4.97. The van der Waals surface area contributed by atoms with E-state index in [1.807, 2.05) is 6.07 Å². The minimum absolute atomic E-state index is 0.725. The minimum Gasteiger partial charge on any atom is -0.496 e. The summed E-state index contributed by atoms with van der Waals surface area (Å²) in [5, 5.41) is 0. The summed E-state index contributed by atoms with van der Waals surface area (Å²) in [4.78, 5) is 0. The maximum atomic E-state index is 5.64. The van der Waals surface area contributed by atoms with E-state index in [0.717, 1.165) is 44.9 Å². The van der Waals surface area contributed by atoms with E-state index in [2.05, 4.69) is 81.6 Å². The van der Waals surface area contributed by atoms with Crippen molar-refractivity contribution >= 4 is 11.1 Å². The average Bonchev–Trinajstić information content (AvgIpc) is 2.72. The lowest BCUT2D eigenvalue weighted by Gasteiger charge is -2.18. The first kappa shape index (κ1) is 19.5. The molecule has 3 aromatic rings. The topological polar surface area (TPSA) is 18.5 Å². The molecular weight excluding hydrogens is 344 g/mol. The summed E-state index contributed by atoms with van der Waals surface area (Å²) < 4.78 is 11.3. The fourth-order valence-electron chi connectivity index (χ4n) is 3.19. The van der Waals surface area contributed by atoms with Gasteiger partial charge in [-0.15, -0.1) is 0 Å². The quantitative estimate of drug-likeness (QED) is 0.497. The molecule has 0 aromatic heterocycles. The van der Waals surface area contributed by atoms with Crippen LogP contribution in [0, 0.1) is 13.8 Å². The highest BCUT2D eigenvalue weighted by Crippen LogP contribution is 2.39. The predicted octanol–water partition coefficient (Wildman–Crippen LogP) is 6.44. The summed E-state index contributed by atoms with van der Waals surface area (Å²) in [7, 11) is 3.32. The van der Waals surface area contributed by atoms with Crippen LogP contribution >= 0.6 is 0 Å². The van der Waals surface area contributed by atoms with Crippen molar-refractivity contribution < 1.29 is 9.47 Å². The van der Waals surface area contributed by atoms with Gasteiger partial charge in [-0.1, -0.05) is 72.8 Å². The first-order valence-corrected chi connectivity index (χ1v) is 9.23. The number of hydrogen-bond donors (Lipinski definition) is 0.